The summed E-state index contributed by atoms with van der Waals surface area (Å²) in [5.41, 5.74) is 0. The molecule has 1 atom stereocenters. The van der Waals surface area contributed by atoms with Crippen LogP contribution in [0.2, 0.25) is 0 Å². The molecule has 1 N–H and O–H groups in total. The maximum Gasteiger partial charge on any atom is 0.161 e. The number of Topliss-reactive ketones (excluding diaryl/α,β-unsaturated/α-hetero) is 1. The Hall–Kier alpha value is -0.450. The van der Waals surface area contributed by atoms with Gasteiger partial charge in [-0.3, -0.25) is 4.79 Å². The average Bonchev–Trinajstić information content (AvgIpc) is 2.35. The van der Waals surface area contributed by atoms with E-state index in [9.17, 15) is 4.79 Å². The molecule has 0 radical (unpaired) electrons. The molecule has 0 fully saturated rings. The Balaban J connectivity index is 3.16. The molecule has 102 valence electrons. The molecule has 0 bridgehead atoms. The SMILES string of the molecule is CCCNCCOCCOCC(=O)C(C)CC. The lowest BCUT2D eigenvalue weighted by Gasteiger charge is -2.08. The summed E-state index contributed by atoms with van der Waals surface area (Å²) in [6.07, 6.45) is 2.02. The summed E-state index contributed by atoms with van der Waals surface area (Å²) in [5, 5.41) is 3.25. The molecule has 0 spiro atoms. The van der Waals surface area contributed by atoms with Crippen molar-refractivity contribution >= 4 is 5.78 Å². The highest BCUT2D eigenvalue weighted by molar-refractivity contribution is 5.81. The zero-order valence-electron chi connectivity index (χ0n) is 11.5. The van der Waals surface area contributed by atoms with E-state index in [0.29, 0.717) is 19.8 Å². The highest BCUT2D eigenvalue weighted by Gasteiger charge is 2.09. The maximum atomic E-state index is 11.4. The first-order chi connectivity index (χ1) is 8.22. The molecule has 0 saturated carbocycles. The lowest BCUT2D eigenvalue weighted by atomic mass is 10.1. The van der Waals surface area contributed by atoms with Crippen LogP contribution in [0.3, 0.4) is 0 Å². The second-order valence-corrected chi connectivity index (χ2v) is 4.19. The minimum Gasteiger partial charge on any atom is -0.378 e. The van der Waals surface area contributed by atoms with Crippen molar-refractivity contribution in [3.63, 3.8) is 0 Å². The molecule has 0 aromatic carbocycles. The van der Waals surface area contributed by atoms with Crippen molar-refractivity contribution in [2.75, 3.05) is 39.5 Å². The first kappa shape index (κ1) is 16.6. The largest absolute Gasteiger partial charge is 0.378 e. The third kappa shape index (κ3) is 10.4. The minimum absolute atomic E-state index is 0.106. The van der Waals surface area contributed by atoms with E-state index < -0.39 is 0 Å². The number of carbonyl (C=O) groups excluding carboxylic acids is 1. The fraction of sp³-hybridized carbons (Fsp3) is 0.923. The van der Waals surface area contributed by atoms with Gasteiger partial charge in [0, 0.05) is 12.5 Å². The van der Waals surface area contributed by atoms with E-state index in [-0.39, 0.29) is 18.3 Å². The fourth-order valence-electron chi connectivity index (χ4n) is 1.21. The Morgan fingerprint density at radius 3 is 2.47 bits per heavy atom. The monoisotopic (exact) mass is 245 g/mol. The van der Waals surface area contributed by atoms with Crippen molar-refractivity contribution in [3.05, 3.63) is 0 Å². The Labute approximate surface area is 105 Å². The Bertz CT molecular complexity index is 186. The van der Waals surface area contributed by atoms with Gasteiger partial charge in [0.15, 0.2) is 5.78 Å². The molecule has 0 saturated heterocycles. The minimum atomic E-state index is 0.106. The second kappa shape index (κ2) is 12.0. The van der Waals surface area contributed by atoms with Gasteiger partial charge in [-0.25, -0.2) is 0 Å². The van der Waals surface area contributed by atoms with Crippen LogP contribution < -0.4 is 5.32 Å². The smallest absolute Gasteiger partial charge is 0.161 e. The van der Waals surface area contributed by atoms with Crippen LogP contribution in [-0.2, 0) is 14.3 Å². The summed E-state index contributed by atoms with van der Waals surface area (Å²) in [5.74, 6) is 0.284. The van der Waals surface area contributed by atoms with Crippen LogP contribution in [0, 0.1) is 5.92 Å². The molecule has 0 amide bonds. The van der Waals surface area contributed by atoms with Gasteiger partial charge < -0.3 is 14.8 Å². The van der Waals surface area contributed by atoms with E-state index >= 15 is 0 Å². The lowest BCUT2D eigenvalue weighted by Crippen LogP contribution is -2.22. The Morgan fingerprint density at radius 1 is 1.12 bits per heavy atom. The Morgan fingerprint density at radius 2 is 1.82 bits per heavy atom. The zero-order chi connectivity index (χ0) is 12.9. The summed E-state index contributed by atoms with van der Waals surface area (Å²) < 4.78 is 10.6. The lowest BCUT2D eigenvalue weighted by molar-refractivity contribution is -0.127. The van der Waals surface area contributed by atoms with Crippen molar-refractivity contribution < 1.29 is 14.3 Å². The molecule has 0 aromatic rings. The highest BCUT2D eigenvalue weighted by Crippen LogP contribution is 2.01. The van der Waals surface area contributed by atoms with E-state index in [1.807, 2.05) is 13.8 Å². The van der Waals surface area contributed by atoms with Crippen LogP contribution in [0.4, 0.5) is 0 Å². The van der Waals surface area contributed by atoms with Crippen molar-refractivity contribution in [3.8, 4) is 0 Å². The number of hydrogen-bond donors (Lipinski definition) is 1. The number of ketones is 1. The molecular formula is C13H27NO3. The standard InChI is InChI=1S/C13H27NO3/c1-4-6-14-7-8-16-9-10-17-11-13(15)12(3)5-2/h12,14H,4-11H2,1-3H3. The molecule has 0 rings (SSSR count). The molecule has 17 heavy (non-hydrogen) atoms. The molecule has 0 aliphatic rings. The van der Waals surface area contributed by atoms with Crippen molar-refractivity contribution in [2.24, 2.45) is 5.92 Å². The first-order valence-corrected chi connectivity index (χ1v) is 6.61. The van der Waals surface area contributed by atoms with E-state index in [2.05, 4.69) is 12.2 Å². The number of hydrogen-bond acceptors (Lipinski definition) is 4. The van der Waals surface area contributed by atoms with E-state index in [1.54, 1.807) is 0 Å². The van der Waals surface area contributed by atoms with Gasteiger partial charge in [0.05, 0.1) is 19.8 Å². The van der Waals surface area contributed by atoms with Gasteiger partial charge in [-0.2, -0.15) is 0 Å². The molecule has 0 aliphatic heterocycles. The van der Waals surface area contributed by atoms with Crippen LogP contribution in [0.1, 0.15) is 33.6 Å². The molecule has 1 unspecified atom stereocenters. The number of ether oxygens (including phenoxy) is 2. The highest BCUT2D eigenvalue weighted by atomic mass is 16.5. The van der Waals surface area contributed by atoms with E-state index in [0.717, 1.165) is 25.9 Å². The van der Waals surface area contributed by atoms with Crippen molar-refractivity contribution in [2.45, 2.75) is 33.6 Å². The predicted molar refractivity (Wildman–Crippen MR) is 69.3 cm³/mol. The normalized spacial score (nSPS) is 12.6. The topological polar surface area (TPSA) is 47.6 Å². The maximum absolute atomic E-state index is 11.4. The summed E-state index contributed by atoms with van der Waals surface area (Å²) in [4.78, 5) is 11.4. The summed E-state index contributed by atoms with van der Waals surface area (Å²) in [6.45, 7) is 9.95. The third-order valence-electron chi connectivity index (χ3n) is 2.63. The number of carbonyl (C=O) groups is 1. The van der Waals surface area contributed by atoms with Crippen LogP contribution in [0.5, 0.6) is 0 Å². The summed E-state index contributed by atoms with van der Waals surface area (Å²) in [7, 11) is 0. The second-order valence-electron chi connectivity index (χ2n) is 4.19. The van der Waals surface area contributed by atoms with Crippen molar-refractivity contribution in [1.82, 2.24) is 5.32 Å². The molecular weight excluding hydrogens is 218 g/mol. The first-order valence-electron chi connectivity index (χ1n) is 6.61. The molecule has 4 nitrogen and oxygen atoms in total. The Kier molecular flexibility index (Phi) is 11.7. The van der Waals surface area contributed by atoms with Crippen LogP contribution in [0.15, 0.2) is 0 Å². The summed E-state index contributed by atoms with van der Waals surface area (Å²) >= 11 is 0. The van der Waals surface area contributed by atoms with Gasteiger partial charge in [-0.1, -0.05) is 20.8 Å². The summed E-state index contributed by atoms with van der Waals surface area (Å²) in [6, 6.07) is 0. The van der Waals surface area contributed by atoms with Gasteiger partial charge in [-0.15, -0.1) is 0 Å². The molecule has 4 heteroatoms. The van der Waals surface area contributed by atoms with Gasteiger partial charge >= 0.3 is 0 Å². The van der Waals surface area contributed by atoms with Crippen LogP contribution in [0.25, 0.3) is 0 Å². The third-order valence-corrected chi connectivity index (χ3v) is 2.63. The van der Waals surface area contributed by atoms with Gasteiger partial charge in [0.2, 0.25) is 0 Å². The number of nitrogens with one attached hydrogen (secondary N) is 1. The zero-order valence-corrected chi connectivity index (χ0v) is 11.5. The predicted octanol–water partition coefficient (Wildman–Crippen LogP) is 1.63. The number of rotatable bonds is 12. The van der Waals surface area contributed by atoms with Gasteiger partial charge in [0.1, 0.15) is 6.61 Å². The fourth-order valence-corrected chi connectivity index (χ4v) is 1.21. The van der Waals surface area contributed by atoms with Gasteiger partial charge in [-0.05, 0) is 19.4 Å². The van der Waals surface area contributed by atoms with Crippen LogP contribution in [-0.4, -0.2) is 45.3 Å². The molecule has 0 aliphatic carbocycles. The molecule has 0 heterocycles. The van der Waals surface area contributed by atoms with Crippen molar-refractivity contribution in [1.29, 1.82) is 0 Å². The quantitative estimate of drug-likeness (QED) is 0.531. The molecule has 0 aromatic heterocycles. The van der Waals surface area contributed by atoms with E-state index in [1.165, 1.54) is 0 Å². The van der Waals surface area contributed by atoms with Gasteiger partial charge in [0.25, 0.3) is 0 Å². The van der Waals surface area contributed by atoms with Crippen LogP contribution >= 0.6 is 0 Å². The van der Waals surface area contributed by atoms with E-state index in [4.69, 9.17) is 9.47 Å². The average molecular weight is 245 g/mol.